The van der Waals surface area contributed by atoms with Crippen molar-refractivity contribution in [3.63, 3.8) is 0 Å². The minimum absolute atomic E-state index is 0.0848. The van der Waals surface area contributed by atoms with Crippen molar-refractivity contribution in [3.8, 4) is 0 Å². The van der Waals surface area contributed by atoms with Crippen molar-refractivity contribution in [3.05, 3.63) is 0 Å². The third-order valence-corrected chi connectivity index (χ3v) is 9.18. The average molecular weight is 625 g/mol. The molecule has 0 aliphatic carbocycles. The Balaban J connectivity index is 3.79. The molecule has 0 heterocycles. The van der Waals surface area contributed by atoms with Gasteiger partial charge in [-0.2, -0.15) is 5.12 Å². The molecule has 0 rings (SSSR count). The van der Waals surface area contributed by atoms with Gasteiger partial charge in [0.2, 0.25) is 0 Å². The highest BCUT2D eigenvalue weighted by atomic mass is 15.7. The molecule has 0 saturated heterocycles. The lowest BCUT2D eigenvalue weighted by atomic mass is 10.0. The van der Waals surface area contributed by atoms with Gasteiger partial charge in [-0.05, 0) is 58.7 Å². The Hall–Kier alpha value is -0.240. The van der Waals surface area contributed by atoms with E-state index in [1.54, 1.807) is 0 Å². The zero-order chi connectivity index (χ0) is 32.2. The summed E-state index contributed by atoms with van der Waals surface area (Å²) in [5, 5.41) is 13.2. The van der Waals surface area contributed by atoms with E-state index in [9.17, 15) is 0 Å². The number of hydrazine groups is 2. The fourth-order valence-electron chi connectivity index (χ4n) is 6.24. The molecule has 6 heteroatoms. The zero-order valence-electron chi connectivity index (χ0n) is 31.1. The summed E-state index contributed by atoms with van der Waals surface area (Å²) in [6.07, 6.45) is 36.8. The summed E-state index contributed by atoms with van der Waals surface area (Å²) in [5.74, 6) is -0.0848. The highest BCUT2D eigenvalue weighted by Gasteiger charge is 2.24. The third-order valence-electron chi connectivity index (χ3n) is 9.18. The van der Waals surface area contributed by atoms with Crippen LogP contribution >= 0.6 is 0 Å². The van der Waals surface area contributed by atoms with Gasteiger partial charge in [0, 0.05) is 19.6 Å². The lowest BCUT2D eigenvalue weighted by Gasteiger charge is -2.35. The first-order valence-electron chi connectivity index (χ1n) is 20.1. The fourth-order valence-corrected chi connectivity index (χ4v) is 6.24. The van der Waals surface area contributed by atoms with Crippen LogP contribution < -0.4 is 26.8 Å². The van der Waals surface area contributed by atoms with Crippen LogP contribution in [-0.2, 0) is 0 Å². The maximum atomic E-state index is 3.70. The van der Waals surface area contributed by atoms with Gasteiger partial charge in [0.25, 0.3) is 0 Å². The largest absolute Gasteiger partial charge is 0.290 e. The summed E-state index contributed by atoms with van der Waals surface area (Å²) < 4.78 is 0. The molecule has 0 amide bonds. The summed E-state index contributed by atoms with van der Waals surface area (Å²) in [4.78, 5) is 0. The second-order valence-corrected chi connectivity index (χ2v) is 13.5. The van der Waals surface area contributed by atoms with Crippen LogP contribution in [0.2, 0.25) is 0 Å². The van der Waals surface area contributed by atoms with Crippen LogP contribution in [0, 0.1) is 0 Å². The summed E-state index contributed by atoms with van der Waals surface area (Å²) in [7, 11) is 2.07. The third kappa shape index (κ3) is 29.2. The van der Waals surface area contributed by atoms with Crippen molar-refractivity contribution in [2.24, 2.45) is 0 Å². The predicted octanol–water partition coefficient (Wildman–Crippen LogP) is 9.96. The van der Waals surface area contributed by atoms with E-state index in [-0.39, 0.29) is 5.79 Å². The number of nitrogens with zero attached hydrogens (tertiary/aromatic N) is 1. The van der Waals surface area contributed by atoms with Gasteiger partial charge in [-0.3, -0.25) is 16.0 Å². The predicted molar refractivity (Wildman–Crippen MR) is 198 cm³/mol. The van der Waals surface area contributed by atoms with Gasteiger partial charge in [-0.25, -0.2) is 10.9 Å². The number of hydrogen-bond acceptors (Lipinski definition) is 6. The molecule has 5 N–H and O–H groups in total. The summed E-state index contributed by atoms with van der Waals surface area (Å²) in [5.41, 5.74) is 7.39. The molecule has 0 fully saturated rings. The van der Waals surface area contributed by atoms with Crippen LogP contribution in [0.25, 0.3) is 0 Å². The minimum Gasteiger partial charge on any atom is -0.290 e. The molecule has 0 saturated carbocycles. The van der Waals surface area contributed by atoms with Gasteiger partial charge in [0.1, 0.15) is 5.79 Å². The number of rotatable bonds is 38. The first-order valence-corrected chi connectivity index (χ1v) is 20.1. The Kier molecular flexibility index (Phi) is 35.4. The number of nitrogens with one attached hydrogen (secondary N) is 5. The van der Waals surface area contributed by atoms with Crippen molar-refractivity contribution >= 4 is 0 Å². The van der Waals surface area contributed by atoms with E-state index < -0.39 is 0 Å². The van der Waals surface area contributed by atoms with Crippen LogP contribution in [0.15, 0.2) is 0 Å². The van der Waals surface area contributed by atoms with Gasteiger partial charge in [-0.1, -0.05) is 163 Å². The maximum Gasteiger partial charge on any atom is 0.123 e. The first-order chi connectivity index (χ1) is 21.7. The van der Waals surface area contributed by atoms with Crippen molar-refractivity contribution in [2.45, 2.75) is 207 Å². The Morgan fingerprint density at radius 1 is 0.409 bits per heavy atom. The van der Waals surface area contributed by atoms with Crippen LogP contribution in [0.3, 0.4) is 0 Å². The van der Waals surface area contributed by atoms with E-state index in [1.807, 2.05) is 0 Å². The smallest absolute Gasteiger partial charge is 0.123 e. The second kappa shape index (κ2) is 35.6. The number of hydrogen-bond donors (Lipinski definition) is 5. The van der Waals surface area contributed by atoms with Crippen molar-refractivity contribution in [1.29, 1.82) is 0 Å². The quantitative estimate of drug-likeness (QED) is 0.0268. The van der Waals surface area contributed by atoms with Gasteiger partial charge >= 0.3 is 0 Å². The fraction of sp³-hybridized carbons (Fsp3) is 1.00. The second-order valence-electron chi connectivity index (χ2n) is 13.5. The zero-order valence-corrected chi connectivity index (χ0v) is 31.1. The maximum absolute atomic E-state index is 3.70. The molecule has 266 valence electrons. The molecule has 0 bridgehead atoms. The molecule has 0 aromatic carbocycles. The van der Waals surface area contributed by atoms with E-state index >= 15 is 0 Å². The topological polar surface area (TPSA) is 63.4 Å². The highest BCUT2D eigenvalue weighted by molar-refractivity contribution is 4.80. The molecular formula is C38H84N6. The molecule has 0 spiro atoms. The lowest BCUT2D eigenvalue weighted by Crippen LogP contribution is -2.65. The minimum atomic E-state index is -0.0848. The van der Waals surface area contributed by atoms with E-state index in [1.165, 1.54) is 167 Å². The number of unbranched alkanes of at least 4 members (excludes halogenated alkanes) is 22. The molecule has 6 nitrogen and oxygen atoms in total. The summed E-state index contributed by atoms with van der Waals surface area (Å²) in [6.45, 7) is 14.4. The Morgan fingerprint density at radius 2 is 0.818 bits per heavy atom. The Bertz CT molecular complexity index is 533. The summed E-state index contributed by atoms with van der Waals surface area (Å²) in [6, 6.07) is 0. The SMILES string of the molecule is CCCCCCCCCCNN(CCCCCCCCCCCCCCCC(NC)(NCC)NCCC)NCCCCCC. The van der Waals surface area contributed by atoms with Crippen molar-refractivity contribution in [1.82, 2.24) is 31.9 Å². The molecule has 0 aliphatic heterocycles. The molecular weight excluding hydrogens is 540 g/mol. The molecule has 44 heavy (non-hydrogen) atoms. The van der Waals surface area contributed by atoms with Crippen LogP contribution in [0.1, 0.15) is 201 Å². The molecule has 0 aliphatic rings. The summed E-state index contributed by atoms with van der Waals surface area (Å²) >= 11 is 0. The Morgan fingerprint density at radius 3 is 1.25 bits per heavy atom. The van der Waals surface area contributed by atoms with E-state index in [2.05, 4.69) is 66.7 Å². The van der Waals surface area contributed by atoms with Crippen LogP contribution in [0.4, 0.5) is 0 Å². The lowest BCUT2D eigenvalue weighted by molar-refractivity contribution is 0.108. The molecule has 0 aromatic rings. The van der Waals surface area contributed by atoms with Gasteiger partial charge in [0.05, 0.1) is 0 Å². The van der Waals surface area contributed by atoms with Crippen molar-refractivity contribution in [2.75, 3.05) is 39.8 Å². The first kappa shape index (κ1) is 43.8. The molecule has 1 atom stereocenters. The van der Waals surface area contributed by atoms with E-state index in [4.69, 9.17) is 0 Å². The van der Waals surface area contributed by atoms with Gasteiger partial charge < -0.3 is 0 Å². The Labute approximate surface area is 278 Å². The average Bonchev–Trinajstić information content (AvgIpc) is 3.04. The monoisotopic (exact) mass is 625 g/mol. The van der Waals surface area contributed by atoms with Crippen molar-refractivity contribution < 1.29 is 0 Å². The van der Waals surface area contributed by atoms with E-state index in [0.29, 0.717) is 0 Å². The molecule has 1 unspecified atom stereocenters. The van der Waals surface area contributed by atoms with Gasteiger partial charge in [0.15, 0.2) is 0 Å². The standard InChI is InChI=1S/C38H84N6/c1-6-10-12-14-15-24-27-31-36-43-44(42-35-30-13-11-7-2)37-32-28-25-22-20-18-16-17-19-21-23-26-29-33-38(39-5,40-9-4)41-34-8-3/h39-43H,6-37H2,1-5H3. The highest BCUT2D eigenvalue weighted by Crippen LogP contribution is 2.15. The normalized spacial score (nSPS) is 13.2. The van der Waals surface area contributed by atoms with Gasteiger partial charge in [-0.15, -0.1) is 0 Å². The van der Waals surface area contributed by atoms with Crippen LogP contribution in [0.5, 0.6) is 0 Å². The molecule has 0 radical (unpaired) electrons. The van der Waals surface area contributed by atoms with E-state index in [0.717, 1.165) is 39.1 Å². The molecule has 0 aromatic heterocycles. The van der Waals surface area contributed by atoms with Crippen LogP contribution in [-0.4, -0.2) is 50.7 Å².